The van der Waals surface area contributed by atoms with Gasteiger partial charge in [-0.25, -0.2) is 4.98 Å². The summed E-state index contributed by atoms with van der Waals surface area (Å²) in [7, 11) is 0. The van der Waals surface area contributed by atoms with Crippen LogP contribution in [0.25, 0.3) is 0 Å². The van der Waals surface area contributed by atoms with Crippen molar-refractivity contribution in [2.24, 2.45) is 0 Å². The summed E-state index contributed by atoms with van der Waals surface area (Å²) in [6.07, 6.45) is -3.28. The van der Waals surface area contributed by atoms with E-state index < -0.39 is 11.7 Å². The van der Waals surface area contributed by atoms with Crippen molar-refractivity contribution >= 4 is 17.4 Å². The molecule has 0 atom stereocenters. The summed E-state index contributed by atoms with van der Waals surface area (Å²) in [6, 6.07) is 1.82. The monoisotopic (exact) mass is 236 g/mol. The third-order valence-electron chi connectivity index (χ3n) is 1.55. The van der Waals surface area contributed by atoms with Gasteiger partial charge in [0.1, 0.15) is 5.82 Å². The molecule has 2 nitrogen and oxygen atoms in total. The third-order valence-corrected chi connectivity index (χ3v) is 1.68. The van der Waals surface area contributed by atoms with Crippen molar-refractivity contribution in [1.82, 2.24) is 4.98 Å². The Morgan fingerprint density at radius 1 is 1.53 bits per heavy atom. The van der Waals surface area contributed by atoms with Crippen molar-refractivity contribution in [2.45, 2.75) is 6.18 Å². The standard InChI is InChI=1S/C9H8ClF3N2/c1-6(10)5-15-8-4-7(2-3-14-8)9(11,12)13/h2-4H,1,5H2,(H,14,15). The highest BCUT2D eigenvalue weighted by Crippen LogP contribution is 2.29. The van der Waals surface area contributed by atoms with E-state index in [1.165, 1.54) is 0 Å². The Labute approximate surface area is 89.8 Å². The van der Waals surface area contributed by atoms with Gasteiger partial charge in [0.05, 0.1) is 12.1 Å². The molecular weight excluding hydrogens is 229 g/mol. The summed E-state index contributed by atoms with van der Waals surface area (Å²) in [4.78, 5) is 3.71. The number of nitrogens with one attached hydrogen (secondary N) is 1. The molecule has 1 aromatic rings. The van der Waals surface area contributed by atoms with Crippen molar-refractivity contribution in [1.29, 1.82) is 0 Å². The van der Waals surface area contributed by atoms with E-state index in [4.69, 9.17) is 11.6 Å². The zero-order valence-corrected chi connectivity index (χ0v) is 8.36. The summed E-state index contributed by atoms with van der Waals surface area (Å²) < 4.78 is 36.8. The van der Waals surface area contributed by atoms with Crippen molar-refractivity contribution in [3.8, 4) is 0 Å². The van der Waals surface area contributed by atoms with E-state index in [0.717, 1.165) is 18.3 Å². The Balaban J connectivity index is 2.79. The van der Waals surface area contributed by atoms with Gasteiger partial charge in [0.2, 0.25) is 0 Å². The maximum atomic E-state index is 12.3. The Hall–Kier alpha value is -1.23. The van der Waals surface area contributed by atoms with E-state index in [2.05, 4.69) is 16.9 Å². The molecule has 0 aromatic carbocycles. The van der Waals surface area contributed by atoms with Gasteiger partial charge in [0.15, 0.2) is 0 Å². The molecule has 82 valence electrons. The average molecular weight is 237 g/mol. The molecule has 1 rings (SSSR count). The number of rotatable bonds is 3. The second-order valence-corrected chi connectivity index (χ2v) is 3.33. The molecule has 6 heteroatoms. The highest BCUT2D eigenvalue weighted by atomic mass is 35.5. The van der Waals surface area contributed by atoms with Gasteiger partial charge < -0.3 is 5.32 Å². The SMILES string of the molecule is C=C(Cl)CNc1cc(C(F)(F)F)ccn1. The average Bonchev–Trinajstić information content (AvgIpc) is 2.14. The van der Waals surface area contributed by atoms with Crippen LogP contribution >= 0.6 is 11.6 Å². The molecule has 15 heavy (non-hydrogen) atoms. The molecule has 1 heterocycles. The summed E-state index contributed by atoms with van der Waals surface area (Å²) >= 11 is 5.45. The molecule has 0 saturated carbocycles. The maximum Gasteiger partial charge on any atom is 0.416 e. The number of alkyl halides is 3. The van der Waals surface area contributed by atoms with Crippen LogP contribution in [-0.2, 0) is 6.18 Å². The zero-order chi connectivity index (χ0) is 11.5. The van der Waals surface area contributed by atoms with Gasteiger partial charge >= 0.3 is 6.18 Å². The molecule has 0 fully saturated rings. The van der Waals surface area contributed by atoms with Crippen LogP contribution in [0.2, 0.25) is 0 Å². The fourth-order valence-corrected chi connectivity index (χ4v) is 0.957. The Morgan fingerprint density at radius 2 is 2.20 bits per heavy atom. The molecule has 0 aliphatic heterocycles. The summed E-state index contributed by atoms with van der Waals surface area (Å²) in [5.74, 6) is 0.117. The first-order chi connectivity index (χ1) is 6.89. The van der Waals surface area contributed by atoms with Crippen LogP contribution in [-0.4, -0.2) is 11.5 Å². The molecule has 0 amide bonds. The molecule has 0 aliphatic carbocycles. The quantitative estimate of drug-likeness (QED) is 0.871. The van der Waals surface area contributed by atoms with Crippen molar-refractivity contribution in [2.75, 3.05) is 11.9 Å². The normalized spacial score (nSPS) is 11.2. The van der Waals surface area contributed by atoms with Gasteiger partial charge in [-0.2, -0.15) is 13.2 Å². The summed E-state index contributed by atoms with van der Waals surface area (Å²) in [5, 5.41) is 2.91. The minimum absolute atomic E-state index is 0.117. The fourth-order valence-electron chi connectivity index (χ4n) is 0.890. The predicted octanol–water partition coefficient (Wildman–Crippen LogP) is 3.26. The zero-order valence-electron chi connectivity index (χ0n) is 7.61. The maximum absolute atomic E-state index is 12.3. The van der Waals surface area contributed by atoms with Crippen LogP contribution in [0.1, 0.15) is 5.56 Å². The minimum atomic E-state index is -4.36. The molecule has 1 aromatic heterocycles. The van der Waals surface area contributed by atoms with Crippen LogP contribution in [0.5, 0.6) is 0 Å². The molecule has 0 radical (unpaired) electrons. The molecule has 0 unspecified atom stereocenters. The van der Waals surface area contributed by atoms with Crippen LogP contribution in [0.15, 0.2) is 29.9 Å². The van der Waals surface area contributed by atoms with E-state index in [1.807, 2.05) is 0 Å². The lowest BCUT2D eigenvalue weighted by molar-refractivity contribution is -0.137. The first kappa shape index (κ1) is 11.8. The van der Waals surface area contributed by atoms with Crippen LogP contribution in [0.4, 0.5) is 19.0 Å². The molecule has 0 saturated heterocycles. The molecular formula is C9H8ClF3N2. The van der Waals surface area contributed by atoms with Crippen LogP contribution < -0.4 is 5.32 Å². The van der Waals surface area contributed by atoms with Gasteiger partial charge in [-0.3, -0.25) is 0 Å². The van der Waals surface area contributed by atoms with Crippen molar-refractivity contribution < 1.29 is 13.2 Å². The highest BCUT2D eigenvalue weighted by molar-refractivity contribution is 6.29. The number of hydrogen-bond donors (Lipinski definition) is 1. The second-order valence-electron chi connectivity index (χ2n) is 2.80. The Kier molecular flexibility index (Phi) is 3.57. The lowest BCUT2D eigenvalue weighted by Gasteiger charge is -2.08. The van der Waals surface area contributed by atoms with E-state index >= 15 is 0 Å². The molecule has 0 spiro atoms. The van der Waals surface area contributed by atoms with E-state index in [0.29, 0.717) is 5.03 Å². The smallest absolute Gasteiger partial charge is 0.365 e. The van der Waals surface area contributed by atoms with Gasteiger partial charge in [0, 0.05) is 11.2 Å². The lowest BCUT2D eigenvalue weighted by Crippen LogP contribution is -2.08. The molecule has 1 N–H and O–H groups in total. The van der Waals surface area contributed by atoms with E-state index in [9.17, 15) is 13.2 Å². The summed E-state index contributed by atoms with van der Waals surface area (Å²) in [5.41, 5.74) is -0.750. The summed E-state index contributed by atoms with van der Waals surface area (Å²) in [6.45, 7) is 3.57. The van der Waals surface area contributed by atoms with Gasteiger partial charge in [0.25, 0.3) is 0 Å². The number of nitrogens with zero attached hydrogens (tertiary/aromatic N) is 1. The van der Waals surface area contributed by atoms with E-state index in [1.54, 1.807) is 0 Å². The predicted molar refractivity (Wildman–Crippen MR) is 52.7 cm³/mol. The van der Waals surface area contributed by atoms with Gasteiger partial charge in [-0.05, 0) is 12.1 Å². The van der Waals surface area contributed by atoms with Crippen molar-refractivity contribution in [3.05, 3.63) is 35.5 Å². The first-order valence-electron chi connectivity index (χ1n) is 4.00. The minimum Gasteiger partial charge on any atom is -0.365 e. The van der Waals surface area contributed by atoms with Gasteiger partial charge in [-0.1, -0.05) is 18.2 Å². The second kappa shape index (κ2) is 4.53. The fraction of sp³-hybridized carbons (Fsp3) is 0.222. The van der Waals surface area contributed by atoms with Crippen molar-refractivity contribution in [3.63, 3.8) is 0 Å². The number of hydrogen-bond acceptors (Lipinski definition) is 2. The number of pyridine rings is 1. The van der Waals surface area contributed by atoms with Crippen LogP contribution in [0, 0.1) is 0 Å². The number of aromatic nitrogens is 1. The topological polar surface area (TPSA) is 24.9 Å². The number of halogens is 4. The van der Waals surface area contributed by atoms with Gasteiger partial charge in [-0.15, -0.1) is 0 Å². The Bertz CT molecular complexity index is 363. The van der Waals surface area contributed by atoms with Crippen LogP contribution in [0.3, 0.4) is 0 Å². The first-order valence-corrected chi connectivity index (χ1v) is 4.38. The third kappa shape index (κ3) is 3.79. The lowest BCUT2D eigenvalue weighted by atomic mass is 10.2. The highest BCUT2D eigenvalue weighted by Gasteiger charge is 2.30. The molecule has 0 bridgehead atoms. The largest absolute Gasteiger partial charge is 0.416 e. The Morgan fingerprint density at radius 3 is 2.73 bits per heavy atom. The van der Waals surface area contributed by atoms with E-state index in [-0.39, 0.29) is 12.4 Å². The number of anilines is 1. The molecule has 0 aliphatic rings.